The van der Waals surface area contributed by atoms with Crippen molar-refractivity contribution < 1.29 is 9.90 Å². The molecule has 0 aliphatic carbocycles. The van der Waals surface area contributed by atoms with Crippen LogP contribution in [0.4, 0.5) is 0 Å². The van der Waals surface area contributed by atoms with Crippen LogP contribution >= 0.6 is 0 Å². The van der Waals surface area contributed by atoms with Gasteiger partial charge in [0.25, 0.3) is 0 Å². The van der Waals surface area contributed by atoms with E-state index in [0.29, 0.717) is 13.0 Å². The highest BCUT2D eigenvalue weighted by molar-refractivity contribution is 5.73. The van der Waals surface area contributed by atoms with Crippen molar-refractivity contribution in [1.29, 1.82) is 0 Å². The third kappa shape index (κ3) is 13.4. The van der Waals surface area contributed by atoms with Gasteiger partial charge in [-0.3, -0.25) is 4.79 Å². The molecule has 0 aromatic rings. The minimum atomic E-state index is -0.209. The van der Waals surface area contributed by atoms with Crippen LogP contribution < -0.4 is 11.1 Å². The number of unbranched alkanes of at least 4 members (excludes halogenated alkanes) is 4. The molecule has 0 atom stereocenters. The van der Waals surface area contributed by atoms with Gasteiger partial charge in [0.2, 0.25) is 5.91 Å². The van der Waals surface area contributed by atoms with E-state index >= 15 is 0 Å². The fourth-order valence-corrected chi connectivity index (χ4v) is 1.39. The molecule has 4 nitrogen and oxygen atoms in total. The highest BCUT2D eigenvalue weighted by Crippen LogP contribution is 1.98. The monoisotopic (exact) mass is 216 g/mol. The molecule has 90 valence electrons. The summed E-state index contributed by atoms with van der Waals surface area (Å²) in [5.74, 6) is -0.209. The topological polar surface area (TPSA) is 75.4 Å². The van der Waals surface area contributed by atoms with Gasteiger partial charge in [-0.15, -0.1) is 0 Å². The number of primary amides is 1. The fourth-order valence-electron chi connectivity index (χ4n) is 1.39. The molecule has 0 saturated carbocycles. The third-order valence-corrected chi connectivity index (χ3v) is 2.29. The number of aliphatic hydroxyl groups excluding tert-OH is 1. The van der Waals surface area contributed by atoms with Crippen molar-refractivity contribution in [3.8, 4) is 0 Å². The number of aliphatic hydroxyl groups is 1. The quantitative estimate of drug-likeness (QED) is 0.447. The number of hydrogen-bond donors (Lipinski definition) is 3. The van der Waals surface area contributed by atoms with Crippen LogP contribution in [0.3, 0.4) is 0 Å². The summed E-state index contributed by atoms with van der Waals surface area (Å²) in [5, 5.41) is 11.9. The van der Waals surface area contributed by atoms with Crippen molar-refractivity contribution >= 4 is 5.91 Å². The van der Waals surface area contributed by atoms with Gasteiger partial charge in [-0.1, -0.05) is 12.8 Å². The van der Waals surface area contributed by atoms with E-state index in [1.54, 1.807) is 0 Å². The van der Waals surface area contributed by atoms with Crippen LogP contribution in [0.1, 0.15) is 44.9 Å². The van der Waals surface area contributed by atoms with Gasteiger partial charge in [0.05, 0.1) is 0 Å². The van der Waals surface area contributed by atoms with Gasteiger partial charge in [0.15, 0.2) is 0 Å². The van der Waals surface area contributed by atoms with Gasteiger partial charge in [-0.25, -0.2) is 0 Å². The zero-order valence-corrected chi connectivity index (χ0v) is 9.50. The van der Waals surface area contributed by atoms with E-state index in [0.717, 1.165) is 45.2 Å². The van der Waals surface area contributed by atoms with Crippen molar-refractivity contribution in [2.45, 2.75) is 44.9 Å². The average Bonchev–Trinajstić information content (AvgIpc) is 2.20. The van der Waals surface area contributed by atoms with Gasteiger partial charge in [-0.2, -0.15) is 0 Å². The standard InChI is InChI=1S/C11H24N2O2/c12-11(15)7-3-5-9-13-8-4-1-2-6-10-14/h13-14H,1-10H2,(H2,12,15). The van der Waals surface area contributed by atoms with Crippen LogP contribution in [0.25, 0.3) is 0 Å². The Morgan fingerprint density at radius 3 is 2.20 bits per heavy atom. The number of carbonyl (C=O) groups excluding carboxylic acids is 1. The largest absolute Gasteiger partial charge is 0.396 e. The van der Waals surface area contributed by atoms with Crippen LogP contribution in [-0.2, 0) is 4.79 Å². The molecular weight excluding hydrogens is 192 g/mol. The second-order valence-corrected chi connectivity index (χ2v) is 3.81. The summed E-state index contributed by atoms with van der Waals surface area (Å²) in [6, 6.07) is 0. The molecule has 0 aliphatic rings. The van der Waals surface area contributed by atoms with E-state index in [-0.39, 0.29) is 5.91 Å². The normalized spacial score (nSPS) is 10.5. The molecule has 0 saturated heterocycles. The first-order chi connectivity index (χ1) is 7.27. The number of rotatable bonds is 11. The first-order valence-corrected chi connectivity index (χ1v) is 5.87. The van der Waals surface area contributed by atoms with Crippen molar-refractivity contribution in [2.75, 3.05) is 19.7 Å². The molecule has 0 heterocycles. The molecule has 0 rings (SSSR count). The van der Waals surface area contributed by atoms with E-state index < -0.39 is 0 Å². The minimum absolute atomic E-state index is 0.209. The van der Waals surface area contributed by atoms with E-state index in [1.165, 1.54) is 6.42 Å². The maximum absolute atomic E-state index is 10.4. The summed E-state index contributed by atoms with van der Waals surface area (Å²) in [6.07, 6.45) is 6.76. The fraction of sp³-hybridized carbons (Fsp3) is 0.909. The molecule has 0 fully saturated rings. The minimum Gasteiger partial charge on any atom is -0.396 e. The lowest BCUT2D eigenvalue weighted by atomic mass is 10.2. The Morgan fingerprint density at radius 1 is 1.00 bits per heavy atom. The Balaban J connectivity index is 2.89. The second-order valence-electron chi connectivity index (χ2n) is 3.81. The Kier molecular flexibility index (Phi) is 11.0. The van der Waals surface area contributed by atoms with Crippen LogP contribution in [0.15, 0.2) is 0 Å². The van der Waals surface area contributed by atoms with Crippen molar-refractivity contribution in [1.82, 2.24) is 5.32 Å². The number of carbonyl (C=O) groups is 1. The highest BCUT2D eigenvalue weighted by Gasteiger charge is 1.94. The summed E-state index contributed by atoms with van der Waals surface area (Å²) in [5.41, 5.74) is 5.02. The molecule has 0 aliphatic heterocycles. The molecule has 0 unspecified atom stereocenters. The number of amides is 1. The van der Waals surface area contributed by atoms with Crippen LogP contribution in [-0.4, -0.2) is 30.7 Å². The third-order valence-electron chi connectivity index (χ3n) is 2.29. The molecule has 15 heavy (non-hydrogen) atoms. The Hall–Kier alpha value is -0.610. The molecule has 0 spiro atoms. The molecule has 0 radical (unpaired) electrons. The molecular formula is C11H24N2O2. The van der Waals surface area contributed by atoms with Crippen LogP contribution in [0.2, 0.25) is 0 Å². The lowest BCUT2D eigenvalue weighted by Gasteiger charge is -2.03. The predicted octanol–water partition coefficient (Wildman–Crippen LogP) is 0.784. The summed E-state index contributed by atoms with van der Waals surface area (Å²) in [6.45, 7) is 2.30. The molecule has 1 amide bonds. The average molecular weight is 216 g/mol. The van der Waals surface area contributed by atoms with E-state index in [9.17, 15) is 4.79 Å². The second kappa shape index (κ2) is 11.5. The van der Waals surface area contributed by atoms with Gasteiger partial charge < -0.3 is 16.2 Å². The SMILES string of the molecule is NC(=O)CCCCNCCCCCCO. The first kappa shape index (κ1) is 14.4. The lowest BCUT2D eigenvalue weighted by molar-refractivity contribution is -0.118. The zero-order valence-electron chi connectivity index (χ0n) is 9.50. The number of nitrogens with one attached hydrogen (secondary N) is 1. The van der Waals surface area contributed by atoms with E-state index in [2.05, 4.69) is 5.32 Å². The molecule has 0 aromatic heterocycles. The maximum Gasteiger partial charge on any atom is 0.217 e. The molecule has 4 N–H and O–H groups in total. The van der Waals surface area contributed by atoms with Gasteiger partial charge in [0, 0.05) is 13.0 Å². The van der Waals surface area contributed by atoms with Crippen molar-refractivity contribution in [3.05, 3.63) is 0 Å². The van der Waals surface area contributed by atoms with Crippen molar-refractivity contribution in [3.63, 3.8) is 0 Å². The predicted molar refractivity (Wildman–Crippen MR) is 61.5 cm³/mol. The number of nitrogens with two attached hydrogens (primary N) is 1. The maximum atomic E-state index is 10.4. The van der Waals surface area contributed by atoms with Crippen LogP contribution in [0, 0.1) is 0 Å². The molecule has 0 aromatic carbocycles. The van der Waals surface area contributed by atoms with E-state index in [4.69, 9.17) is 10.8 Å². The smallest absolute Gasteiger partial charge is 0.217 e. The summed E-state index contributed by atoms with van der Waals surface area (Å²) in [4.78, 5) is 10.4. The zero-order chi connectivity index (χ0) is 11.4. The summed E-state index contributed by atoms with van der Waals surface area (Å²) >= 11 is 0. The van der Waals surface area contributed by atoms with Gasteiger partial charge >= 0.3 is 0 Å². The Bertz CT molecular complexity index is 152. The lowest BCUT2D eigenvalue weighted by Crippen LogP contribution is -2.17. The highest BCUT2D eigenvalue weighted by atomic mass is 16.2. The van der Waals surface area contributed by atoms with Gasteiger partial charge in [-0.05, 0) is 38.8 Å². The number of hydrogen-bond acceptors (Lipinski definition) is 3. The Morgan fingerprint density at radius 2 is 1.60 bits per heavy atom. The summed E-state index contributed by atoms with van der Waals surface area (Å²) < 4.78 is 0. The Labute approximate surface area is 92.2 Å². The first-order valence-electron chi connectivity index (χ1n) is 5.87. The summed E-state index contributed by atoms with van der Waals surface area (Å²) in [7, 11) is 0. The molecule has 0 bridgehead atoms. The van der Waals surface area contributed by atoms with Crippen LogP contribution in [0.5, 0.6) is 0 Å². The molecule has 4 heteroatoms. The van der Waals surface area contributed by atoms with E-state index in [1.807, 2.05) is 0 Å². The van der Waals surface area contributed by atoms with Gasteiger partial charge in [0.1, 0.15) is 0 Å². The van der Waals surface area contributed by atoms with Crippen molar-refractivity contribution in [2.24, 2.45) is 5.73 Å².